The van der Waals surface area contributed by atoms with Crippen molar-refractivity contribution in [3.8, 4) is 0 Å². The van der Waals surface area contributed by atoms with Crippen molar-refractivity contribution in [2.24, 2.45) is 0 Å². The van der Waals surface area contributed by atoms with Gasteiger partial charge in [0.25, 0.3) is 0 Å². The van der Waals surface area contributed by atoms with E-state index in [9.17, 15) is 9.59 Å². The van der Waals surface area contributed by atoms with Crippen LogP contribution in [0.2, 0.25) is 0 Å². The van der Waals surface area contributed by atoms with Gasteiger partial charge in [-0.05, 0) is 51.4 Å². The molecule has 0 aliphatic heterocycles. The van der Waals surface area contributed by atoms with E-state index in [1.165, 1.54) is 5.56 Å². The summed E-state index contributed by atoms with van der Waals surface area (Å²) in [5, 5.41) is 5.87. The highest BCUT2D eigenvalue weighted by Crippen LogP contribution is 2.19. The van der Waals surface area contributed by atoms with E-state index in [-0.39, 0.29) is 30.4 Å². The van der Waals surface area contributed by atoms with Crippen LogP contribution >= 0.6 is 0 Å². The van der Waals surface area contributed by atoms with Crippen molar-refractivity contribution < 1.29 is 9.59 Å². The first-order chi connectivity index (χ1) is 12.7. The van der Waals surface area contributed by atoms with Gasteiger partial charge in [-0.2, -0.15) is 0 Å². The molecular formula is C22H29N3O2. The molecule has 2 aromatic carbocycles. The van der Waals surface area contributed by atoms with Gasteiger partial charge in [0.2, 0.25) is 11.8 Å². The van der Waals surface area contributed by atoms with E-state index in [0.717, 1.165) is 17.7 Å². The summed E-state index contributed by atoms with van der Waals surface area (Å²) < 4.78 is 0. The number of para-hydroxylation sites is 1. The molecule has 2 aromatic rings. The summed E-state index contributed by atoms with van der Waals surface area (Å²) in [5.74, 6) is -0.233. The summed E-state index contributed by atoms with van der Waals surface area (Å²) in [6.07, 6.45) is 0.751. The third-order valence-electron chi connectivity index (χ3n) is 3.87. The van der Waals surface area contributed by atoms with Gasteiger partial charge in [0.1, 0.15) is 0 Å². The molecule has 0 fully saturated rings. The Morgan fingerprint density at radius 2 is 1.48 bits per heavy atom. The fraction of sp³-hybridized carbons (Fsp3) is 0.364. The first kappa shape index (κ1) is 20.6. The molecule has 0 aromatic heterocycles. The van der Waals surface area contributed by atoms with Crippen molar-refractivity contribution >= 4 is 17.5 Å². The second kappa shape index (κ2) is 9.33. The van der Waals surface area contributed by atoms with Crippen molar-refractivity contribution in [1.82, 2.24) is 10.2 Å². The van der Waals surface area contributed by atoms with Crippen LogP contribution in [-0.2, 0) is 16.0 Å². The van der Waals surface area contributed by atoms with Crippen LogP contribution in [0.15, 0.2) is 54.6 Å². The molecule has 0 saturated carbocycles. The van der Waals surface area contributed by atoms with Crippen LogP contribution in [-0.4, -0.2) is 42.4 Å². The smallest absolute Gasteiger partial charge is 0.238 e. The van der Waals surface area contributed by atoms with E-state index in [1.807, 2.05) is 63.2 Å². The van der Waals surface area contributed by atoms with Crippen LogP contribution in [0.5, 0.6) is 0 Å². The van der Waals surface area contributed by atoms with Crippen molar-refractivity contribution in [3.63, 3.8) is 0 Å². The number of amides is 2. The SMILES string of the molecule is CN(CC(=O)Nc1ccccc1Cc1ccccc1)CC(=O)NC(C)(C)C. The average Bonchev–Trinajstić information content (AvgIpc) is 2.55. The van der Waals surface area contributed by atoms with Crippen LogP contribution in [0.25, 0.3) is 0 Å². The monoisotopic (exact) mass is 367 g/mol. The maximum atomic E-state index is 12.4. The molecule has 27 heavy (non-hydrogen) atoms. The predicted octanol–water partition coefficient (Wildman–Crippen LogP) is 3.06. The number of carbonyl (C=O) groups excluding carboxylic acids is 2. The molecule has 0 atom stereocenters. The third kappa shape index (κ3) is 7.62. The number of nitrogens with one attached hydrogen (secondary N) is 2. The van der Waals surface area contributed by atoms with Gasteiger partial charge in [-0.1, -0.05) is 48.5 Å². The quantitative estimate of drug-likeness (QED) is 0.791. The molecule has 0 spiro atoms. The van der Waals surface area contributed by atoms with Crippen molar-refractivity contribution in [3.05, 3.63) is 65.7 Å². The highest BCUT2D eigenvalue weighted by atomic mass is 16.2. The lowest BCUT2D eigenvalue weighted by atomic mass is 10.0. The van der Waals surface area contributed by atoms with Gasteiger partial charge in [-0.3, -0.25) is 14.5 Å². The zero-order valence-electron chi connectivity index (χ0n) is 16.6. The van der Waals surface area contributed by atoms with E-state index in [4.69, 9.17) is 0 Å². The van der Waals surface area contributed by atoms with E-state index < -0.39 is 0 Å². The normalized spacial score (nSPS) is 11.3. The Morgan fingerprint density at radius 3 is 2.15 bits per heavy atom. The number of benzene rings is 2. The maximum absolute atomic E-state index is 12.4. The fourth-order valence-electron chi connectivity index (χ4n) is 2.81. The number of hydrogen-bond donors (Lipinski definition) is 2. The minimum absolute atomic E-state index is 0.0951. The molecule has 0 heterocycles. The fourth-order valence-corrected chi connectivity index (χ4v) is 2.81. The van der Waals surface area contributed by atoms with Gasteiger partial charge in [-0.15, -0.1) is 0 Å². The number of rotatable bonds is 7. The van der Waals surface area contributed by atoms with E-state index in [2.05, 4.69) is 22.8 Å². The van der Waals surface area contributed by atoms with E-state index in [1.54, 1.807) is 11.9 Å². The Morgan fingerprint density at radius 1 is 0.889 bits per heavy atom. The van der Waals surface area contributed by atoms with Gasteiger partial charge >= 0.3 is 0 Å². The molecule has 0 unspecified atom stereocenters. The molecule has 0 radical (unpaired) electrons. The van der Waals surface area contributed by atoms with Gasteiger partial charge in [0.05, 0.1) is 13.1 Å². The standard InChI is InChI=1S/C22H29N3O2/c1-22(2,3)24-21(27)16-25(4)15-20(26)23-19-13-9-8-12-18(19)14-17-10-6-5-7-11-17/h5-13H,14-16H2,1-4H3,(H,23,26)(H,24,27). The van der Waals surface area contributed by atoms with Crippen LogP contribution in [0.1, 0.15) is 31.9 Å². The molecule has 0 bridgehead atoms. The lowest BCUT2D eigenvalue weighted by molar-refractivity contribution is -0.124. The molecule has 144 valence electrons. The van der Waals surface area contributed by atoms with Crippen molar-refractivity contribution in [2.75, 3.05) is 25.5 Å². The van der Waals surface area contributed by atoms with Crippen molar-refractivity contribution in [2.45, 2.75) is 32.7 Å². The topological polar surface area (TPSA) is 61.4 Å². The van der Waals surface area contributed by atoms with Crippen LogP contribution in [0.4, 0.5) is 5.69 Å². The lowest BCUT2D eigenvalue weighted by Crippen LogP contribution is -2.46. The summed E-state index contributed by atoms with van der Waals surface area (Å²) in [4.78, 5) is 26.1. The number of likely N-dealkylation sites (N-methyl/N-ethyl adjacent to an activating group) is 1. The minimum atomic E-state index is -0.281. The van der Waals surface area contributed by atoms with Gasteiger partial charge in [0.15, 0.2) is 0 Å². The van der Waals surface area contributed by atoms with Gasteiger partial charge in [-0.25, -0.2) is 0 Å². The second-order valence-corrected chi connectivity index (χ2v) is 7.84. The zero-order chi connectivity index (χ0) is 19.9. The molecule has 2 N–H and O–H groups in total. The number of anilines is 1. The highest BCUT2D eigenvalue weighted by molar-refractivity contribution is 5.93. The Hall–Kier alpha value is -2.66. The summed E-state index contributed by atoms with van der Waals surface area (Å²) >= 11 is 0. The molecule has 5 nitrogen and oxygen atoms in total. The van der Waals surface area contributed by atoms with Gasteiger partial charge < -0.3 is 10.6 Å². The van der Waals surface area contributed by atoms with E-state index in [0.29, 0.717) is 0 Å². The molecule has 0 aliphatic carbocycles. The molecule has 0 aliphatic rings. The third-order valence-corrected chi connectivity index (χ3v) is 3.87. The first-order valence-electron chi connectivity index (χ1n) is 9.14. The summed E-state index contributed by atoms with van der Waals surface area (Å²) in [5.41, 5.74) is 2.77. The van der Waals surface area contributed by atoms with Crippen LogP contribution < -0.4 is 10.6 Å². The van der Waals surface area contributed by atoms with Gasteiger partial charge in [0, 0.05) is 11.2 Å². The average molecular weight is 367 g/mol. The van der Waals surface area contributed by atoms with E-state index >= 15 is 0 Å². The highest BCUT2D eigenvalue weighted by Gasteiger charge is 2.16. The number of hydrogen-bond acceptors (Lipinski definition) is 3. The number of carbonyl (C=O) groups is 2. The molecule has 0 saturated heterocycles. The summed E-state index contributed by atoms with van der Waals surface area (Å²) in [7, 11) is 1.76. The Balaban J connectivity index is 1.93. The summed E-state index contributed by atoms with van der Waals surface area (Å²) in [6, 6.07) is 17.9. The Bertz CT molecular complexity index is 767. The minimum Gasteiger partial charge on any atom is -0.350 e. The predicted molar refractivity (Wildman–Crippen MR) is 110 cm³/mol. The largest absolute Gasteiger partial charge is 0.350 e. The van der Waals surface area contributed by atoms with Crippen molar-refractivity contribution in [1.29, 1.82) is 0 Å². The zero-order valence-corrected chi connectivity index (χ0v) is 16.6. The molecule has 2 rings (SSSR count). The lowest BCUT2D eigenvalue weighted by Gasteiger charge is -2.23. The summed E-state index contributed by atoms with van der Waals surface area (Å²) in [6.45, 7) is 6.12. The molecule has 5 heteroatoms. The maximum Gasteiger partial charge on any atom is 0.238 e. The Kier molecular flexibility index (Phi) is 7.13. The number of nitrogens with zero attached hydrogens (tertiary/aromatic N) is 1. The molecular weight excluding hydrogens is 338 g/mol. The second-order valence-electron chi connectivity index (χ2n) is 7.84. The van der Waals surface area contributed by atoms with Crippen LogP contribution in [0, 0.1) is 0 Å². The Labute approximate surface area is 161 Å². The first-order valence-corrected chi connectivity index (χ1v) is 9.14. The molecule has 2 amide bonds. The van der Waals surface area contributed by atoms with Crippen LogP contribution in [0.3, 0.4) is 0 Å².